The largest absolute Gasteiger partial charge is 0.394 e. The van der Waals surface area contributed by atoms with E-state index in [0.717, 1.165) is 25.2 Å². The molecule has 1 aliphatic heterocycles. The molecular weight excluding hydrogens is 204 g/mol. The van der Waals surface area contributed by atoms with Crippen LogP contribution in [0.25, 0.3) is 0 Å². The van der Waals surface area contributed by atoms with E-state index in [-0.39, 0.29) is 18.5 Å². The maximum absolute atomic E-state index is 9.22. The Morgan fingerprint density at radius 1 is 1.62 bits per heavy atom. The first-order chi connectivity index (χ1) is 7.72. The van der Waals surface area contributed by atoms with E-state index in [2.05, 4.69) is 9.88 Å². The van der Waals surface area contributed by atoms with Crippen LogP contribution in [0, 0.1) is 5.41 Å². The van der Waals surface area contributed by atoms with Crippen molar-refractivity contribution in [3.8, 4) is 0 Å². The van der Waals surface area contributed by atoms with Crippen molar-refractivity contribution in [3.05, 3.63) is 23.9 Å². The smallest absolute Gasteiger partial charge is 0.128 e. The molecule has 0 radical (unpaired) electrons. The van der Waals surface area contributed by atoms with Crippen molar-refractivity contribution in [2.45, 2.75) is 18.9 Å². The number of hydrogen-bond acceptors (Lipinski definition) is 4. The van der Waals surface area contributed by atoms with Crippen LogP contribution in [0.15, 0.2) is 18.3 Å². The first-order valence-corrected chi connectivity index (χ1v) is 5.40. The van der Waals surface area contributed by atoms with Gasteiger partial charge in [0.1, 0.15) is 11.7 Å². The molecule has 86 valence electrons. The van der Waals surface area contributed by atoms with Crippen LogP contribution < -0.4 is 10.6 Å². The summed E-state index contributed by atoms with van der Waals surface area (Å²) < 4.78 is 0. The number of nitrogen functional groups attached to an aromatic ring is 1. The summed E-state index contributed by atoms with van der Waals surface area (Å²) in [5.41, 5.74) is 5.99. The van der Waals surface area contributed by atoms with Crippen molar-refractivity contribution < 1.29 is 5.11 Å². The van der Waals surface area contributed by atoms with Gasteiger partial charge in [-0.3, -0.25) is 5.41 Å². The van der Waals surface area contributed by atoms with Crippen LogP contribution in [0.3, 0.4) is 0 Å². The van der Waals surface area contributed by atoms with Gasteiger partial charge >= 0.3 is 0 Å². The van der Waals surface area contributed by atoms with E-state index < -0.39 is 0 Å². The number of nitrogens with two attached hydrogens (primary N) is 1. The predicted molar refractivity (Wildman–Crippen MR) is 62.7 cm³/mol. The normalized spacial score (nSPS) is 20.1. The van der Waals surface area contributed by atoms with Gasteiger partial charge in [-0.15, -0.1) is 0 Å². The zero-order chi connectivity index (χ0) is 11.5. The molecule has 0 bridgehead atoms. The van der Waals surface area contributed by atoms with Gasteiger partial charge in [-0.1, -0.05) is 0 Å². The van der Waals surface area contributed by atoms with Gasteiger partial charge < -0.3 is 15.7 Å². The van der Waals surface area contributed by atoms with Gasteiger partial charge in [0.05, 0.1) is 12.6 Å². The third kappa shape index (κ3) is 1.99. The Hall–Kier alpha value is -1.62. The minimum Gasteiger partial charge on any atom is -0.394 e. The molecule has 1 unspecified atom stereocenters. The maximum Gasteiger partial charge on any atom is 0.128 e. The lowest BCUT2D eigenvalue weighted by Crippen LogP contribution is -2.32. The number of nitrogens with zero attached hydrogens (tertiary/aromatic N) is 2. The Kier molecular flexibility index (Phi) is 3.05. The molecule has 0 spiro atoms. The number of rotatable bonds is 3. The summed E-state index contributed by atoms with van der Waals surface area (Å²) in [7, 11) is 0. The van der Waals surface area contributed by atoms with Gasteiger partial charge in [0.15, 0.2) is 0 Å². The molecule has 1 atom stereocenters. The lowest BCUT2D eigenvalue weighted by molar-refractivity contribution is 0.266. The van der Waals surface area contributed by atoms with Gasteiger partial charge in [0.25, 0.3) is 0 Å². The van der Waals surface area contributed by atoms with Crippen LogP contribution in [0.1, 0.15) is 18.4 Å². The highest BCUT2D eigenvalue weighted by atomic mass is 16.3. The van der Waals surface area contributed by atoms with Gasteiger partial charge in [-0.05, 0) is 25.0 Å². The van der Waals surface area contributed by atoms with Crippen LogP contribution in [0.5, 0.6) is 0 Å². The molecule has 1 aromatic rings. The third-order valence-corrected chi connectivity index (χ3v) is 2.94. The van der Waals surface area contributed by atoms with Crippen molar-refractivity contribution >= 4 is 11.7 Å². The number of aromatic nitrogens is 1. The van der Waals surface area contributed by atoms with E-state index in [1.54, 1.807) is 12.3 Å². The quantitative estimate of drug-likeness (QED) is 0.506. The first-order valence-electron chi connectivity index (χ1n) is 5.40. The first kappa shape index (κ1) is 10.9. The third-order valence-electron chi connectivity index (χ3n) is 2.94. The van der Waals surface area contributed by atoms with Gasteiger partial charge in [-0.2, -0.15) is 0 Å². The number of aliphatic hydroxyl groups excluding tert-OH is 1. The molecule has 5 nitrogen and oxygen atoms in total. The van der Waals surface area contributed by atoms with Crippen LogP contribution in [0.2, 0.25) is 0 Å². The summed E-state index contributed by atoms with van der Waals surface area (Å²) in [6.07, 6.45) is 3.69. The van der Waals surface area contributed by atoms with E-state index in [9.17, 15) is 5.11 Å². The molecule has 1 aliphatic rings. The summed E-state index contributed by atoms with van der Waals surface area (Å²) in [6, 6.07) is 3.82. The molecule has 2 rings (SSSR count). The molecule has 0 saturated carbocycles. The molecule has 1 saturated heterocycles. The fourth-order valence-electron chi connectivity index (χ4n) is 2.04. The van der Waals surface area contributed by atoms with E-state index in [1.165, 1.54) is 0 Å². The Labute approximate surface area is 94.4 Å². The highest BCUT2D eigenvalue weighted by Gasteiger charge is 2.24. The average molecular weight is 220 g/mol. The number of pyridine rings is 1. The minimum atomic E-state index is 0.0270. The van der Waals surface area contributed by atoms with Crippen LogP contribution in [-0.2, 0) is 0 Å². The van der Waals surface area contributed by atoms with Gasteiger partial charge in [0, 0.05) is 18.3 Å². The van der Waals surface area contributed by atoms with Crippen LogP contribution in [0.4, 0.5) is 5.82 Å². The predicted octanol–water partition coefficient (Wildman–Crippen LogP) is 0.327. The SMILES string of the molecule is N=C(N)c1ccc(N2CCCC2CO)nc1. The van der Waals surface area contributed by atoms with E-state index >= 15 is 0 Å². The molecule has 1 fully saturated rings. The number of aliphatic hydroxyl groups is 1. The van der Waals surface area contributed by atoms with Crippen molar-refractivity contribution in [2.75, 3.05) is 18.1 Å². The molecule has 4 N–H and O–H groups in total. The summed E-state index contributed by atoms with van der Waals surface area (Å²) >= 11 is 0. The Bertz CT molecular complexity index is 376. The number of amidine groups is 1. The zero-order valence-electron chi connectivity index (χ0n) is 9.06. The van der Waals surface area contributed by atoms with Crippen molar-refractivity contribution in [3.63, 3.8) is 0 Å². The molecule has 5 heteroatoms. The van der Waals surface area contributed by atoms with E-state index in [1.807, 2.05) is 6.07 Å². The average Bonchev–Trinajstić information content (AvgIpc) is 2.77. The standard InChI is InChI=1S/C11H16N4O/c12-11(13)8-3-4-10(14-6-8)15-5-1-2-9(15)7-16/h3-4,6,9,16H,1-2,5,7H2,(H3,12,13). The fraction of sp³-hybridized carbons (Fsp3) is 0.455. The monoisotopic (exact) mass is 220 g/mol. The number of anilines is 1. The maximum atomic E-state index is 9.22. The molecule has 16 heavy (non-hydrogen) atoms. The minimum absolute atomic E-state index is 0.0270. The summed E-state index contributed by atoms with van der Waals surface area (Å²) in [6.45, 7) is 1.09. The molecule has 0 aliphatic carbocycles. The van der Waals surface area contributed by atoms with Crippen LogP contribution in [-0.4, -0.2) is 35.1 Å². The fourth-order valence-corrected chi connectivity index (χ4v) is 2.04. The van der Waals surface area contributed by atoms with Crippen molar-refractivity contribution in [1.82, 2.24) is 4.98 Å². The van der Waals surface area contributed by atoms with Gasteiger partial charge in [-0.25, -0.2) is 4.98 Å². The second-order valence-corrected chi connectivity index (χ2v) is 3.99. The molecule has 0 amide bonds. The molecular formula is C11H16N4O. The summed E-state index contributed by atoms with van der Waals surface area (Å²) in [4.78, 5) is 6.38. The highest BCUT2D eigenvalue weighted by Crippen LogP contribution is 2.23. The lowest BCUT2D eigenvalue weighted by Gasteiger charge is -2.24. The molecule has 1 aromatic heterocycles. The Morgan fingerprint density at radius 3 is 3.00 bits per heavy atom. The Balaban J connectivity index is 2.18. The highest BCUT2D eigenvalue weighted by molar-refractivity contribution is 5.94. The van der Waals surface area contributed by atoms with E-state index in [4.69, 9.17) is 11.1 Å². The lowest BCUT2D eigenvalue weighted by atomic mass is 10.2. The number of hydrogen-bond donors (Lipinski definition) is 3. The second kappa shape index (κ2) is 4.49. The second-order valence-electron chi connectivity index (χ2n) is 3.99. The van der Waals surface area contributed by atoms with Crippen molar-refractivity contribution in [2.24, 2.45) is 5.73 Å². The molecule has 0 aromatic carbocycles. The number of nitrogens with one attached hydrogen (secondary N) is 1. The zero-order valence-corrected chi connectivity index (χ0v) is 9.06. The Morgan fingerprint density at radius 2 is 2.44 bits per heavy atom. The topological polar surface area (TPSA) is 86.2 Å². The molecule has 2 heterocycles. The van der Waals surface area contributed by atoms with E-state index in [0.29, 0.717) is 5.56 Å². The van der Waals surface area contributed by atoms with Crippen molar-refractivity contribution in [1.29, 1.82) is 5.41 Å². The summed E-state index contributed by atoms with van der Waals surface area (Å²) in [5.74, 6) is 0.876. The van der Waals surface area contributed by atoms with Gasteiger partial charge in [0.2, 0.25) is 0 Å². The summed E-state index contributed by atoms with van der Waals surface area (Å²) in [5, 5.41) is 16.5. The van der Waals surface area contributed by atoms with Crippen LogP contribution >= 0.6 is 0 Å².